The van der Waals surface area contributed by atoms with Crippen molar-refractivity contribution in [3.8, 4) is 0 Å². The Hall–Kier alpha value is -0.960. The van der Waals surface area contributed by atoms with Crippen molar-refractivity contribution in [1.82, 2.24) is 0 Å². The van der Waals surface area contributed by atoms with Crippen molar-refractivity contribution in [1.29, 1.82) is 0 Å². The minimum atomic E-state index is -1.12. The Balaban J connectivity index is 3.01. The molecule has 1 aromatic rings. The fraction of sp³-hybridized carbons (Fsp3) is 0.400. The van der Waals surface area contributed by atoms with Crippen LogP contribution in [-0.4, -0.2) is 0 Å². The lowest BCUT2D eigenvalue weighted by Crippen LogP contribution is -2.06. The summed E-state index contributed by atoms with van der Waals surface area (Å²) in [6.07, 6.45) is -1.12. The van der Waals surface area contributed by atoms with E-state index in [0.29, 0.717) is 0 Å². The lowest BCUT2D eigenvalue weighted by Gasteiger charge is -2.12. The van der Waals surface area contributed by atoms with Gasteiger partial charge in [0.25, 0.3) is 0 Å². The molecule has 13 heavy (non-hydrogen) atoms. The van der Waals surface area contributed by atoms with Crippen LogP contribution in [0.25, 0.3) is 0 Å². The summed E-state index contributed by atoms with van der Waals surface area (Å²) in [7, 11) is 0. The van der Waals surface area contributed by atoms with Gasteiger partial charge in [0.1, 0.15) is 17.7 Å². The van der Waals surface area contributed by atoms with Crippen LogP contribution < -0.4 is 0 Å². The maximum Gasteiger partial charge on any atom is 0.132 e. The zero-order valence-corrected chi connectivity index (χ0v) is 7.55. The van der Waals surface area contributed by atoms with E-state index < -0.39 is 17.7 Å². The smallest absolute Gasteiger partial charge is 0.132 e. The van der Waals surface area contributed by atoms with Gasteiger partial charge in [-0.2, -0.15) is 0 Å². The molecule has 0 saturated heterocycles. The molecule has 1 atom stereocenters. The van der Waals surface area contributed by atoms with Crippen LogP contribution in [0, 0.1) is 17.6 Å². The number of hydrogen-bond donors (Lipinski definition) is 0. The predicted molar refractivity (Wildman–Crippen MR) is 44.6 cm³/mol. The maximum absolute atomic E-state index is 13.0. The van der Waals surface area contributed by atoms with Gasteiger partial charge in [0, 0.05) is 11.6 Å². The quantitative estimate of drug-likeness (QED) is 0.674. The summed E-state index contributed by atoms with van der Waals surface area (Å²) in [6.45, 7) is 3.42. The van der Waals surface area contributed by atoms with E-state index in [0.717, 1.165) is 12.1 Å². The molecule has 0 fully saturated rings. The molecule has 1 rings (SSSR count). The first-order valence-electron chi connectivity index (χ1n) is 4.13. The second-order valence-corrected chi connectivity index (χ2v) is 3.33. The van der Waals surface area contributed by atoms with Crippen LogP contribution in [-0.2, 0) is 5.11 Å². The molecule has 0 aliphatic carbocycles. The van der Waals surface area contributed by atoms with Crippen LogP contribution in [0.4, 0.5) is 8.78 Å². The maximum atomic E-state index is 13.0. The SMILES string of the molecule is CC(C)C([O])c1ccc(F)cc1F. The van der Waals surface area contributed by atoms with Gasteiger partial charge in [-0.25, -0.2) is 13.9 Å². The van der Waals surface area contributed by atoms with E-state index in [1.807, 2.05) is 0 Å². The van der Waals surface area contributed by atoms with Crippen LogP contribution in [0.1, 0.15) is 25.5 Å². The normalized spacial score (nSPS) is 13.4. The van der Waals surface area contributed by atoms with Gasteiger partial charge in [-0.05, 0) is 12.0 Å². The number of rotatable bonds is 2. The number of benzene rings is 1. The molecule has 0 aliphatic rings. The van der Waals surface area contributed by atoms with E-state index in [1.54, 1.807) is 13.8 Å². The summed E-state index contributed by atoms with van der Waals surface area (Å²) in [4.78, 5) is 0. The van der Waals surface area contributed by atoms with E-state index in [-0.39, 0.29) is 11.5 Å². The summed E-state index contributed by atoms with van der Waals surface area (Å²) in [5.41, 5.74) is 0.0383. The van der Waals surface area contributed by atoms with E-state index in [1.165, 1.54) is 6.07 Å². The zero-order valence-electron chi connectivity index (χ0n) is 7.55. The van der Waals surface area contributed by atoms with E-state index >= 15 is 0 Å². The Kier molecular flexibility index (Phi) is 2.98. The molecule has 0 amide bonds. The molecule has 0 aromatic heterocycles. The van der Waals surface area contributed by atoms with E-state index in [2.05, 4.69) is 0 Å². The van der Waals surface area contributed by atoms with Crippen LogP contribution in [0.15, 0.2) is 18.2 Å². The highest BCUT2D eigenvalue weighted by Gasteiger charge is 2.18. The summed E-state index contributed by atoms with van der Waals surface area (Å²) in [5, 5.41) is 11.4. The van der Waals surface area contributed by atoms with Gasteiger partial charge in [-0.3, -0.25) is 0 Å². The van der Waals surface area contributed by atoms with Crippen LogP contribution in [0.2, 0.25) is 0 Å². The fourth-order valence-electron chi connectivity index (χ4n) is 1.09. The minimum Gasteiger partial charge on any atom is -0.228 e. The van der Waals surface area contributed by atoms with Gasteiger partial charge >= 0.3 is 0 Å². The van der Waals surface area contributed by atoms with Crippen molar-refractivity contribution in [3.05, 3.63) is 35.4 Å². The lowest BCUT2D eigenvalue weighted by atomic mass is 9.99. The van der Waals surface area contributed by atoms with Gasteiger partial charge in [0.15, 0.2) is 0 Å². The Bertz CT molecular complexity index is 297. The molecule has 71 valence electrons. The summed E-state index contributed by atoms with van der Waals surface area (Å²) in [6, 6.07) is 3.05. The van der Waals surface area contributed by atoms with Crippen molar-refractivity contribution in [3.63, 3.8) is 0 Å². The molecule has 0 saturated carbocycles. The highest BCUT2D eigenvalue weighted by Crippen LogP contribution is 2.24. The first kappa shape index (κ1) is 10.1. The minimum absolute atomic E-state index is 0.0383. The van der Waals surface area contributed by atoms with Crippen molar-refractivity contribution in [2.24, 2.45) is 5.92 Å². The fourth-order valence-corrected chi connectivity index (χ4v) is 1.09. The molecular formula is C10H11F2O. The number of hydrogen-bond acceptors (Lipinski definition) is 0. The van der Waals surface area contributed by atoms with Gasteiger partial charge in [0.2, 0.25) is 0 Å². The lowest BCUT2D eigenvalue weighted by molar-refractivity contribution is 0.0457. The van der Waals surface area contributed by atoms with Crippen LogP contribution in [0.5, 0.6) is 0 Å². The summed E-state index contributed by atoms with van der Waals surface area (Å²) < 4.78 is 25.5. The van der Waals surface area contributed by atoms with Crippen LogP contribution >= 0.6 is 0 Å². The van der Waals surface area contributed by atoms with Crippen LogP contribution in [0.3, 0.4) is 0 Å². The Morgan fingerprint density at radius 3 is 2.31 bits per heavy atom. The molecule has 1 unspecified atom stereocenters. The molecule has 1 aromatic carbocycles. The largest absolute Gasteiger partial charge is 0.228 e. The second kappa shape index (κ2) is 3.83. The molecule has 0 N–H and O–H groups in total. The average Bonchev–Trinajstić information content (AvgIpc) is 2.03. The van der Waals surface area contributed by atoms with E-state index in [9.17, 15) is 13.9 Å². The summed E-state index contributed by atoms with van der Waals surface area (Å²) >= 11 is 0. The molecular weight excluding hydrogens is 174 g/mol. The Morgan fingerprint density at radius 1 is 1.23 bits per heavy atom. The van der Waals surface area contributed by atoms with Crippen molar-refractivity contribution in [2.75, 3.05) is 0 Å². The van der Waals surface area contributed by atoms with Crippen molar-refractivity contribution < 1.29 is 13.9 Å². The highest BCUT2D eigenvalue weighted by molar-refractivity contribution is 5.21. The Morgan fingerprint density at radius 2 is 1.85 bits per heavy atom. The third kappa shape index (κ3) is 2.25. The molecule has 0 bridgehead atoms. The third-order valence-corrected chi connectivity index (χ3v) is 1.87. The van der Waals surface area contributed by atoms with E-state index in [4.69, 9.17) is 0 Å². The molecule has 0 aliphatic heterocycles. The standard InChI is InChI=1S/C10H11F2O/c1-6(2)10(13)8-4-3-7(11)5-9(8)12/h3-6,10H,1-2H3. The van der Waals surface area contributed by atoms with Gasteiger partial charge in [0.05, 0.1) is 0 Å². The molecule has 0 heterocycles. The average molecular weight is 185 g/mol. The first-order chi connectivity index (χ1) is 6.02. The molecule has 3 heteroatoms. The van der Waals surface area contributed by atoms with Crippen molar-refractivity contribution >= 4 is 0 Å². The van der Waals surface area contributed by atoms with Gasteiger partial charge < -0.3 is 0 Å². The molecule has 1 radical (unpaired) electrons. The summed E-state index contributed by atoms with van der Waals surface area (Å²) in [5.74, 6) is -1.61. The van der Waals surface area contributed by atoms with Crippen molar-refractivity contribution in [2.45, 2.75) is 20.0 Å². The zero-order chi connectivity index (χ0) is 10.0. The Labute approximate surface area is 76.0 Å². The number of halogens is 2. The van der Waals surface area contributed by atoms with Gasteiger partial charge in [-0.1, -0.05) is 19.9 Å². The monoisotopic (exact) mass is 185 g/mol. The molecule has 0 spiro atoms. The highest BCUT2D eigenvalue weighted by atomic mass is 19.1. The predicted octanol–water partition coefficient (Wildman–Crippen LogP) is 3.09. The second-order valence-electron chi connectivity index (χ2n) is 3.33. The third-order valence-electron chi connectivity index (χ3n) is 1.87. The molecule has 1 nitrogen and oxygen atoms in total. The topological polar surface area (TPSA) is 19.9 Å². The first-order valence-corrected chi connectivity index (χ1v) is 4.13. The van der Waals surface area contributed by atoms with Gasteiger partial charge in [-0.15, -0.1) is 0 Å².